The number of rotatable bonds is 8. The molecule has 0 saturated heterocycles. The van der Waals surface area contributed by atoms with E-state index in [2.05, 4.69) is 15.6 Å². The number of carbonyl (C=O) groups is 2. The number of likely N-dealkylation sites (N-methyl/N-ethyl adjacent to an activating group) is 1. The van der Waals surface area contributed by atoms with Crippen molar-refractivity contribution >= 4 is 27.6 Å². The second-order valence-electron chi connectivity index (χ2n) is 10.9. The molecule has 0 unspecified atom stereocenters. The highest BCUT2D eigenvalue weighted by Gasteiger charge is 2.36. The number of aromatic nitrogens is 2. The van der Waals surface area contributed by atoms with Crippen LogP contribution in [0.2, 0.25) is 0 Å². The van der Waals surface area contributed by atoms with Gasteiger partial charge >= 0.3 is 6.03 Å². The first-order valence-electron chi connectivity index (χ1n) is 13.7. The van der Waals surface area contributed by atoms with Gasteiger partial charge in [0.15, 0.2) is 5.03 Å². The molecule has 4 rings (SSSR count). The van der Waals surface area contributed by atoms with Gasteiger partial charge in [0.1, 0.15) is 11.9 Å². The van der Waals surface area contributed by atoms with E-state index in [1.54, 1.807) is 41.6 Å². The number of amides is 3. The minimum absolute atomic E-state index is 0.0127. The number of hydrogen-bond donors (Lipinski definition) is 3. The standard InChI is InChI=1S/C27H40N6O6S/c1-18-13-33(19(2)16-34)26(35)22-12-21(30-27(36)29-20-8-6-5-7-9-20)10-11-23(22)39-24(18)14-32(4)40(37,38)25-15-31(3)17-28-25/h10-12,15,17-20,24,34H,5-9,13-14,16H2,1-4H3,(H2,29,30,36)/t18-,19+,24+/m1/s1. The van der Waals surface area contributed by atoms with E-state index in [-0.39, 0.29) is 59.9 Å². The average Bonchev–Trinajstić information content (AvgIpc) is 3.38. The molecule has 2 heterocycles. The van der Waals surface area contributed by atoms with E-state index < -0.39 is 22.2 Å². The minimum atomic E-state index is -3.87. The molecule has 3 amide bonds. The molecule has 2 aromatic rings. The van der Waals surface area contributed by atoms with Crippen molar-refractivity contribution in [1.82, 2.24) is 24.1 Å². The van der Waals surface area contributed by atoms with E-state index in [0.717, 1.165) is 25.7 Å². The number of nitrogens with one attached hydrogen (secondary N) is 2. The maximum absolute atomic E-state index is 13.7. The van der Waals surface area contributed by atoms with Gasteiger partial charge in [0, 0.05) is 44.5 Å². The monoisotopic (exact) mass is 576 g/mol. The van der Waals surface area contributed by atoms with Gasteiger partial charge in [-0.05, 0) is 38.0 Å². The largest absolute Gasteiger partial charge is 0.488 e. The number of carbonyl (C=O) groups excluding carboxylic acids is 2. The third-order valence-electron chi connectivity index (χ3n) is 7.66. The molecular formula is C27H40N6O6S. The quantitative estimate of drug-likeness (QED) is 0.437. The molecule has 1 fully saturated rings. The van der Waals surface area contributed by atoms with Crippen LogP contribution in [0.5, 0.6) is 5.75 Å². The first kappa shape index (κ1) is 29.8. The van der Waals surface area contributed by atoms with Crippen LogP contribution in [0.3, 0.4) is 0 Å². The summed E-state index contributed by atoms with van der Waals surface area (Å²) in [5, 5.41) is 15.7. The van der Waals surface area contributed by atoms with Gasteiger partial charge in [-0.15, -0.1) is 0 Å². The second kappa shape index (κ2) is 12.6. The summed E-state index contributed by atoms with van der Waals surface area (Å²) in [6.07, 6.45) is 7.50. The molecule has 1 aromatic heterocycles. The first-order valence-corrected chi connectivity index (χ1v) is 15.2. The number of urea groups is 1. The fourth-order valence-corrected chi connectivity index (χ4v) is 6.29. The van der Waals surface area contributed by atoms with Gasteiger partial charge < -0.3 is 29.9 Å². The van der Waals surface area contributed by atoms with Crippen molar-refractivity contribution in [1.29, 1.82) is 0 Å². The predicted octanol–water partition coefficient (Wildman–Crippen LogP) is 2.42. The molecule has 1 saturated carbocycles. The number of anilines is 1. The lowest BCUT2D eigenvalue weighted by molar-refractivity contribution is 0.0387. The fourth-order valence-electron chi connectivity index (χ4n) is 5.15. The van der Waals surface area contributed by atoms with E-state index in [1.165, 1.54) is 30.3 Å². The predicted molar refractivity (Wildman–Crippen MR) is 150 cm³/mol. The zero-order valence-electron chi connectivity index (χ0n) is 23.5. The first-order chi connectivity index (χ1) is 19.0. The van der Waals surface area contributed by atoms with Crippen molar-refractivity contribution in [2.45, 2.75) is 69.2 Å². The number of nitrogens with zero attached hydrogens (tertiary/aromatic N) is 4. The summed E-state index contributed by atoms with van der Waals surface area (Å²) in [6, 6.07) is 4.15. The van der Waals surface area contributed by atoms with E-state index in [4.69, 9.17) is 4.74 Å². The fraction of sp³-hybridized carbons (Fsp3) is 0.593. The number of fused-ring (bicyclic) bond motifs is 1. The summed E-state index contributed by atoms with van der Waals surface area (Å²) in [5.74, 6) is -0.335. The SMILES string of the molecule is C[C@@H]1CN([C@@H](C)CO)C(=O)c2cc(NC(=O)NC3CCCCC3)ccc2O[C@H]1CN(C)S(=O)(=O)c1cn(C)cn1. The number of ether oxygens (including phenoxy) is 1. The Kier molecular flexibility index (Phi) is 9.37. The normalized spacial score (nSPS) is 21.2. The average molecular weight is 577 g/mol. The molecular weight excluding hydrogens is 536 g/mol. The van der Waals surface area contributed by atoms with Crippen LogP contribution in [0.1, 0.15) is 56.3 Å². The molecule has 3 atom stereocenters. The van der Waals surface area contributed by atoms with Crippen molar-refractivity contribution < 1.29 is 27.9 Å². The van der Waals surface area contributed by atoms with E-state index >= 15 is 0 Å². The number of imidazole rings is 1. The lowest BCUT2D eigenvalue weighted by Gasteiger charge is -2.38. The smallest absolute Gasteiger partial charge is 0.319 e. The van der Waals surface area contributed by atoms with Crippen LogP contribution in [0, 0.1) is 5.92 Å². The van der Waals surface area contributed by atoms with Crippen molar-refractivity contribution in [2.75, 3.05) is 32.1 Å². The van der Waals surface area contributed by atoms with Crippen molar-refractivity contribution in [3.8, 4) is 5.75 Å². The van der Waals surface area contributed by atoms with Crippen LogP contribution in [-0.2, 0) is 17.1 Å². The maximum Gasteiger partial charge on any atom is 0.319 e. The third-order valence-corrected chi connectivity index (χ3v) is 9.37. The lowest BCUT2D eigenvalue weighted by Crippen LogP contribution is -2.50. The number of hydrogen-bond acceptors (Lipinski definition) is 7. The van der Waals surface area contributed by atoms with Crippen LogP contribution in [-0.4, -0.2) is 89.2 Å². The van der Waals surface area contributed by atoms with Crippen LogP contribution < -0.4 is 15.4 Å². The second-order valence-corrected chi connectivity index (χ2v) is 12.9. The Bertz CT molecular complexity index is 1310. The molecule has 40 heavy (non-hydrogen) atoms. The van der Waals surface area contributed by atoms with Crippen LogP contribution >= 0.6 is 0 Å². The van der Waals surface area contributed by atoms with Crippen molar-refractivity contribution in [3.05, 3.63) is 36.3 Å². The van der Waals surface area contributed by atoms with Gasteiger partial charge in [-0.3, -0.25) is 4.79 Å². The van der Waals surface area contributed by atoms with E-state index in [1.807, 2.05) is 6.92 Å². The van der Waals surface area contributed by atoms with Gasteiger partial charge in [0.2, 0.25) is 0 Å². The number of sulfonamides is 1. The topological polar surface area (TPSA) is 146 Å². The number of benzene rings is 1. The van der Waals surface area contributed by atoms with Crippen molar-refractivity contribution in [2.24, 2.45) is 13.0 Å². The zero-order chi connectivity index (χ0) is 29.0. The number of aliphatic hydroxyl groups is 1. The summed E-state index contributed by atoms with van der Waals surface area (Å²) in [5.41, 5.74) is 0.656. The zero-order valence-corrected chi connectivity index (χ0v) is 24.4. The third kappa shape index (κ3) is 6.76. The van der Waals surface area contributed by atoms with Crippen LogP contribution in [0.4, 0.5) is 10.5 Å². The lowest BCUT2D eigenvalue weighted by atomic mass is 9.96. The molecule has 0 bridgehead atoms. The summed E-state index contributed by atoms with van der Waals surface area (Å²) >= 11 is 0. The molecule has 1 aromatic carbocycles. The van der Waals surface area contributed by atoms with Gasteiger partial charge in [-0.25, -0.2) is 18.2 Å². The number of aliphatic hydroxyl groups excluding tert-OH is 1. The van der Waals surface area contributed by atoms with Crippen molar-refractivity contribution in [3.63, 3.8) is 0 Å². The summed E-state index contributed by atoms with van der Waals surface area (Å²) in [7, 11) is -0.708. The molecule has 12 nitrogen and oxygen atoms in total. The maximum atomic E-state index is 13.7. The van der Waals surface area contributed by atoms with Crippen LogP contribution in [0.25, 0.3) is 0 Å². The summed E-state index contributed by atoms with van der Waals surface area (Å²) < 4.78 is 35.3. The summed E-state index contributed by atoms with van der Waals surface area (Å²) in [4.78, 5) is 31.9. The van der Waals surface area contributed by atoms with E-state index in [9.17, 15) is 23.1 Å². The number of aryl methyl sites for hydroxylation is 1. The molecule has 3 N–H and O–H groups in total. The Hall–Kier alpha value is -3.16. The Balaban J connectivity index is 1.59. The Morgan fingerprint density at radius 1 is 1.27 bits per heavy atom. The highest BCUT2D eigenvalue weighted by molar-refractivity contribution is 7.89. The highest BCUT2D eigenvalue weighted by Crippen LogP contribution is 2.31. The molecule has 1 aliphatic carbocycles. The Morgan fingerprint density at radius 3 is 2.65 bits per heavy atom. The molecule has 1 aliphatic heterocycles. The minimum Gasteiger partial charge on any atom is -0.488 e. The summed E-state index contributed by atoms with van der Waals surface area (Å²) in [6.45, 7) is 3.64. The molecule has 0 radical (unpaired) electrons. The highest BCUT2D eigenvalue weighted by atomic mass is 32.2. The van der Waals surface area contributed by atoms with Gasteiger partial charge in [-0.2, -0.15) is 4.31 Å². The molecule has 220 valence electrons. The van der Waals surface area contributed by atoms with Crippen LogP contribution in [0.15, 0.2) is 35.7 Å². The van der Waals surface area contributed by atoms with Gasteiger partial charge in [0.05, 0.1) is 31.1 Å². The molecule has 13 heteroatoms. The van der Waals surface area contributed by atoms with E-state index in [0.29, 0.717) is 5.69 Å². The molecule has 2 aliphatic rings. The Labute approximate surface area is 235 Å². The Morgan fingerprint density at radius 2 is 2.00 bits per heavy atom. The molecule has 0 spiro atoms. The van der Waals surface area contributed by atoms with Gasteiger partial charge in [-0.1, -0.05) is 26.2 Å². The van der Waals surface area contributed by atoms with Gasteiger partial charge in [0.25, 0.3) is 15.9 Å².